The van der Waals surface area contributed by atoms with E-state index in [1.54, 1.807) is 6.07 Å². The van der Waals surface area contributed by atoms with Gasteiger partial charge in [0.05, 0.1) is 6.54 Å². The number of hydrogen-bond donors (Lipinski definition) is 3. The van der Waals surface area contributed by atoms with Crippen molar-refractivity contribution < 1.29 is 9.32 Å². The molecule has 1 aliphatic carbocycles. The number of hydrogen-bond acceptors (Lipinski definition) is 4. The molecule has 118 valence electrons. The lowest BCUT2D eigenvalue weighted by Gasteiger charge is -2.11. The van der Waals surface area contributed by atoms with Crippen LogP contribution in [0.25, 0.3) is 0 Å². The lowest BCUT2D eigenvalue weighted by Crippen LogP contribution is -2.41. The number of carbonyl (C=O) groups is 1. The summed E-state index contributed by atoms with van der Waals surface area (Å²) in [7, 11) is 0. The van der Waals surface area contributed by atoms with Crippen LogP contribution in [0.3, 0.4) is 0 Å². The molecule has 0 radical (unpaired) electrons. The normalized spacial score (nSPS) is 14.2. The Morgan fingerprint density at radius 1 is 1.38 bits per heavy atom. The van der Waals surface area contributed by atoms with Crippen LogP contribution in [0.5, 0.6) is 0 Å². The number of halogens is 1. The van der Waals surface area contributed by atoms with E-state index in [2.05, 4.69) is 26.1 Å². The van der Waals surface area contributed by atoms with Crippen LogP contribution in [-0.4, -0.2) is 36.7 Å². The summed E-state index contributed by atoms with van der Waals surface area (Å²) in [5, 5.41) is 13.0. The Morgan fingerprint density at radius 2 is 2.14 bits per heavy atom. The van der Waals surface area contributed by atoms with Gasteiger partial charge in [0.15, 0.2) is 5.96 Å². The predicted molar refractivity (Wildman–Crippen MR) is 90.5 cm³/mol. The van der Waals surface area contributed by atoms with Gasteiger partial charge in [0.25, 0.3) is 0 Å². The Hall–Kier alpha value is -1.32. The van der Waals surface area contributed by atoms with E-state index in [0.29, 0.717) is 25.6 Å². The lowest BCUT2D eigenvalue weighted by atomic mass is 10.4. The first-order valence-corrected chi connectivity index (χ1v) is 6.98. The maximum atomic E-state index is 11.5. The molecule has 7 nitrogen and oxygen atoms in total. The molecule has 0 bridgehead atoms. The third-order valence-electron chi connectivity index (χ3n) is 2.90. The number of carbonyl (C=O) groups excluding carboxylic acids is 1. The summed E-state index contributed by atoms with van der Waals surface area (Å²) in [6.07, 6.45) is 3.58. The molecule has 0 aromatic carbocycles. The molecule has 0 unspecified atom stereocenters. The van der Waals surface area contributed by atoms with Crippen LogP contribution in [0.2, 0.25) is 0 Å². The average Bonchev–Trinajstić information content (AvgIpc) is 3.17. The Kier molecular flexibility index (Phi) is 8.09. The number of nitrogens with zero attached hydrogens (tertiary/aromatic N) is 2. The predicted octanol–water partition coefficient (Wildman–Crippen LogP) is 0.874. The van der Waals surface area contributed by atoms with E-state index in [4.69, 9.17) is 4.52 Å². The zero-order valence-electron chi connectivity index (χ0n) is 12.1. The second kappa shape index (κ2) is 9.59. The highest BCUT2D eigenvalue weighted by atomic mass is 127. The summed E-state index contributed by atoms with van der Waals surface area (Å²) < 4.78 is 4.75. The Morgan fingerprint density at radius 3 is 2.76 bits per heavy atom. The number of aliphatic imine (C=N–C) groups is 1. The van der Waals surface area contributed by atoms with Crippen molar-refractivity contribution in [3.8, 4) is 0 Å². The minimum atomic E-state index is 0. The Labute approximate surface area is 141 Å². The van der Waals surface area contributed by atoms with Gasteiger partial charge in [-0.05, 0) is 19.8 Å². The highest BCUT2D eigenvalue weighted by Crippen LogP contribution is 2.28. The van der Waals surface area contributed by atoms with Crippen LogP contribution in [0.1, 0.15) is 25.5 Å². The molecule has 2 rings (SSSR count). The molecule has 1 aromatic heterocycles. The molecule has 8 heteroatoms. The molecule has 1 fully saturated rings. The topological polar surface area (TPSA) is 91.6 Å². The largest absolute Gasteiger partial charge is 0.364 e. The van der Waals surface area contributed by atoms with Gasteiger partial charge in [-0.15, -0.1) is 24.0 Å². The fourth-order valence-corrected chi connectivity index (χ4v) is 1.68. The summed E-state index contributed by atoms with van der Waals surface area (Å²) in [6.45, 7) is 4.48. The van der Waals surface area contributed by atoms with Gasteiger partial charge in [-0.3, -0.25) is 4.79 Å². The van der Waals surface area contributed by atoms with Crippen molar-refractivity contribution in [2.75, 3.05) is 19.6 Å². The van der Waals surface area contributed by atoms with Crippen LogP contribution in [0.15, 0.2) is 21.8 Å². The summed E-state index contributed by atoms with van der Waals surface area (Å²) in [6, 6.07) is 1.78. The van der Waals surface area contributed by atoms with Gasteiger partial charge in [0.1, 0.15) is 12.0 Å². The standard InChI is InChI=1S/C13H21N5O2.HI/c1-2-14-13(17-9-11-5-8-20-18-11)16-7-6-15-12(19)10-3-4-10;/h5,8,10H,2-4,6-7,9H2,1H3,(H,15,19)(H2,14,16,17);1H. The molecule has 1 saturated carbocycles. The van der Waals surface area contributed by atoms with E-state index in [1.807, 2.05) is 6.92 Å². The molecule has 0 saturated heterocycles. The van der Waals surface area contributed by atoms with Crippen LogP contribution in [0, 0.1) is 5.92 Å². The lowest BCUT2D eigenvalue weighted by molar-refractivity contribution is -0.122. The van der Waals surface area contributed by atoms with Crippen molar-refractivity contribution in [2.24, 2.45) is 10.9 Å². The molecule has 0 spiro atoms. The number of nitrogens with one attached hydrogen (secondary N) is 3. The van der Waals surface area contributed by atoms with Crippen LogP contribution < -0.4 is 16.0 Å². The van der Waals surface area contributed by atoms with E-state index in [0.717, 1.165) is 25.1 Å². The molecule has 3 N–H and O–H groups in total. The van der Waals surface area contributed by atoms with Gasteiger partial charge >= 0.3 is 0 Å². The third-order valence-corrected chi connectivity index (χ3v) is 2.90. The summed E-state index contributed by atoms with van der Waals surface area (Å²) in [4.78, 5) is 15.8. The monoisotopic (exact) mass is 407 g/mol. The zero-order valence-corrected chi connectivity index (χ0v) is 14.4. The van der Waals surface area contributed by atoms with E-state index in [-0.39, 0.29) is 35.8 Å². The molecular formula is C13H22IN5O2. The van der Waals surface area contributed by atoms with Crippen LogP contribution in [0.4, 0.5) is 0 Å². The average molecular weight is 407 g/mol. The molecule has 0 aliphatic heterocycles. The van der Waals surface area contributed by atoms with E-state index in [1.165, 1.54) is 6.26 Å². The number of rotatable bonds is 7. The second-order valence-corrected chi connectivity index (χ2v) is 4.68. The highest BCUT2D eigenvalue weighted by Gasteiger charge is 2.28. The van der Waals surface area contributed by atoms with Gasteiger partial charge in [0, 0.05) is 31.6 Å². The van der Waals surface area contributed by atoms with Crippen molar-refractivity contribution in [1.29, 1.82) is 0 Å². The fourth-order valence-electron chi connectivity index (χ4n) is 1.68. The summed E-state index contributed by atoms with van der Waals surface area (Å²) in [5.74, 6) is 1.12. The molecular weight excluding hydrogens is 385 g/mol. The van der Waals surface area contributed by atoms with E-state index in [9.17, 15) is 4.79 Å². The zero-order chi connectivity index (χ0) is 14.2. The molecule has 0 atom stereocenters. The number of aromatic nitrogens is 1. The first-order chi connectivity index (χ1) is 9.79. The minimum absolute atomic E-state index is 0. The van der Waals surface area contributed by atoms with Crippen molar-refractivity contribution in [3.05, 3.63) is 18.0 Å². The third kappa shape index (κ3) is 6.78. The first-order valence-electron chi connectivity index (χ1n) is 6.98. The SMILES string of the molecule is CCNC(=NCc1ccon1)NCCNC(=O)C1CC1.I. The highest BCUT2D eigenvalue weighted by molar-refractivity contribution is 14.0. The minimum Gasteiger partial charge on any atom is -0.364 e. The van der Waals surface area contributed by atoms with Gasteiger partial charge in [-0.1, -0.05) is 5.16 Å². The maximum Gasteiger partial charge on any atom is 0.223 e. The van der Waals surface area contributed by atoms with Crippen molar-refractivity contribution in [3.63, 3.8) is 0 Å². The van der Waals surface area contributed by atoms with Crippen molar-refractivity contribution >= 4 is 35.8 Å². The van der Waals surface area contributed by atoms with Crippen LogP contribution in [-0.2, 0) is 11.3 Å². The molecule has 1 aromatic rings. The molecule has 21 heavy (non-hydrogen) atoms. The summed E-state index contributed by atoms with van der Waals surface area (Å²) >= 11 is 0. The van der Waals surface area contributed by atoms with Crippen LogP contribution >= 0.6 is 24.0 Å². The Balaban J connectivity index is 0.00000220. The Bertz CT molecular complexity index is 445. The van der Waals surface area contributed by atoms with E-state index < -0.39 is 0 Å². The number of guanidine groups is 1. The van der Waals surface area contributed by atoms with Gasteiger partial charge in [-0.2, -0.15) is 0 Å². The smallest absolute Gasteiger partial charge is 0.223 e. The molecule has 1 aliphatic rings. The van der Waals surface area contributed by atoms with Crippen molar-refractivity contribution in [1.82, 2.24) is 21.1 Å². The number of amides is 1. The van der Waals surface area contributed by atoms with Gasteiger partial charge in [-0.25, -0.2) is 4.99 Å². The quantitative estimate of drug-likeness (QED) is 0.270. The van der Waals surface area contributed by atoms with E-state index >= 15 is 0 Å². The fraction of sp³-hybridized carbons (Fsp3) is 0.615. The van der Waals surface area contributed by atoms with Gasteiger partial charge in [0.2, 0.25) is 5.91 Å². The van der Waals surface area contributed by atoms with Gasteiger partial charge < -0.3 is 20.5 Å². The molecule has 1 amide bonds. The van der Waals surface area contributed by atoms with Crippen molar-refractivity contribution in [2.45, 2.75) is 26.3 Å². The first kappa shape index (κ1) is 17.7. The molecule has 1 heterocycles. The maximum absolute atomic E-state index is 11.5. The summed E-state index contributed by atoms with van der Waals surface area (Å²) in [5.41, 5.74) is 0.782. The second-order valence-electron chi connectivity index (χ2n) is 4.68.